The average Bonchev–Trinajstić information content (AvgIpc) is 2.25. The van der Waals surface area contributed by atoms with Gasteiger partial charge >= 0.3 is 6.09 Å². The van der Waals surface area contributed by atoms with Crippen LogP contribution < -0.4 is 5.32 Å². The zero-order valence-electron chi connectivity index (χ0n) is 14.1. The smallest absolute Gasteiger partial charge is 0.410 e. The van der Waals surface area contributed by atoms with Crippen molar-refractivity contribution in [2.45, 2.75) is 60.0 Å². The van der Waals surface area contributed by atoms with Crippen LogP contribution in [-0.2, 0) is 4.74 Å². The third kappa shape index (κ3) is 7.13. The lowest BCUT2D eigenvalue weighted by Crippen LogP contribution is -2.45. The molecule has 1 saturated heterocycles. The maximum atomic E-state index is 12.1. The molecule has 0 spiro atoms. The van der Waals surface area contributed by atoms with Crippen molar-refractivity contribution in [1.29, 1.82) is 0 Å². The Morgan fingerprint density at radius 3 is 2.45 bits per heavy atom. The molecule has 1 N–H and O–H groups in total. The number of carbonyl (C=O) groups is 1. The number of carbonyl (C=O) groups excluding carboxylic acids is 1. The van der Waals surface area contributed by atoms with Crippen molar-refractivity contribution in [3.05, 3.63) is 0 Å². The van der Waals surface area contributed by atoms with Crippen molar-refractivity contribution in [3.8, 4) is 0 Å². The van der Waals surface area contributed by atoms with E-state index in [1.54, 1.807) is 0 Å². The lowest BCUT2D eigenvalue weighted by atomic mass is 9.95. The van der Waals surface area contributed by atoms with Gasteiger partial charge in [-0.25, -0.2) is 4.79 Å². The molecular formula is C16H32N2O2. The summed E-state index contributed by atoms with van der Waals surface area (Å²) < 4.78 is 5.45. The van der Waals surface area contributed by atoms with Crippen LogP contribution >= 0.6 is 0 Å². The molecule has 1 heterocycles. The van der Waals surface area contributed by atoms with E-state index in [2.05, 4.69) is 26.1 Å². The molecule has 1 atom stereocenters. The maximum Gasteiger partial charge on any atom is 0.410 e. The molecule has 0 radical (unpaired) electrons. The summed E-state index contributed by atoms with van der Waals surface area (Å²) in [6, 6.07) is 0. The van der Waals surface area contributed by atoms with Gasteiger partial charge in [0.15, 0.2) is 0 Å². The van der Waals surface area contributed by atoms with Crippen LogP contribution in [0.2, 0.25) is 0 Å². The highest BCUT2D eigenvalue weighted by Gasteiger charge is 2.27. The SMILES string of the molecule is CC(C)(C)CNCC1CCCN(C(=O)OC(C)(C)C)C1. The van der Waals surface area contributed by atoms with Crippen molar-refractivity contribution in [1.82, 2.24) is 10.2 Å². The number of nitrogens with one attached hydrogen (secondary N) is 1. The fraction of sp³-hybridized carbons (Fsp3) is 0.938. The van der Waals surface area contributed by atoms with Crippen molar-refractivity contribution in [3.63, 3.8) is 0 Å². The highest BCUT2D eigenvalue weighted by Crippen LogP contribution is 2.19. The minimum Gasteiger partial charge on any atom is -0.444 e. The van der Waals surface area contributed by atoms with Gasteiger partial charge in [-0.1, -0.05) is 20.8 Å². The first-order chi connectivity index (χ1) is 9.07. The predicted molar refractivity (Wildman–Crippen MR) is 82.9 cm³/mol. The lowest BCUT2D eigenvalue weighted by Gasteiger charge is -2.34. The lowest BCUT2D eigenvalue weighted by molar-refractivity contribution is 0.0165. The number of hydrogen-bond acceptors (Lipinski definition) is 3. The summed E-state index contributed by atoms with van der Waals surface area (Å²) >= 11 is 0. The summed E-state index contributed by atoms with van der Waals surface area (Å²) in [6.45, 7) is 16.1. The van der Waals surface area contributed by atoms with E-state index in [4.69, 9.17) is 4.74 Å². The molecule has 1 unspecified atom stereocenters. The zero-order chi connectivity index (χ0) is 15.4. The molecule has 1 aliphatic rings. The third-order valence-corrected chi connectivity index (χ3v) is 3.26. The number of hydrogen-bond donors (Lipinski definition) is 1. The normalized spacial score (nSPS) is 20.9. The van der Waals surface area contributed by atoms with Crippen LogP contribution in [0.1, 0.15) is 54.4 Å². The molecule has 1 rings (SSSR count). The Morgan fingerprint density at radius 2 is 1.90 bits per heavy atom. The molecule has 1 amide bonds. The molecule has 0 saturated carbocycles. The van der Waals surface area contributed by atoms with E-state index in [1.807, 2.05) is 25.7 Å². The van der Waals surface area contributed by atoms with Crippen LogP contribution in [0.25, 0.3) is 0 Å². The summed E-state index contributed by atoms with van der Waals surface area (Å²) in [7, 11) is 0. The Morgan fingerprint density at radius 1 is 1.25 bits per heavy atom. The Bertz CT molecular complexity index is 315. The zero-order valence-corrected chi connectivity index (χ0v) is 14.1. The molecule has 20 heavy (non-hydrogen) atoms. The van der Waals surface area contributed by atoms with E-state index in [0.29, 0.717) is 11.3 Å². The largest absolute Gasteiger partial charge is 0.444 e. The van der Waals surface area contributed by atoms with Gasteiger partial charge in [0.1, 0.15) is 5.60 Å². The topological polar surface area (TPSA) is 41.6 Å². The van der Waals surface area contributed by atoms with Crippen LogP contribution in [-0.4, -0.2) is 42.8 Å². The second kappa shape index (κ2) is 6.79. The molecule has 1 aliphatic heterocycles. The van der Waals surface area contributed by atoms with E-state index < -0.39 is 5.60 Å². The fourth-order valence-corrected chi connectivity index (χ4v) is 2.38. The van der Waals surface area contributed by atoms with Gasteiger partial charge in [-0.05, 0) is 51.5 Å². The highest BCUT2D eigenvalue weighted by atomic mass is 16.6. The standard InChI is InChI=1S/C16H32N2O2/c1-15(2,3)12-17-10-13-8-7-9-18(11-13)14(19)20-16(4,5)6/h13,17H,7-12H2,1-6H3. The summed E-state index contributed by atoms with van der Waals surface area (Å²) in [5, 5.41) is 3.52. The monoisotopic (exact) mass is 284 g/mol. The van der Waals surface area contributed by atoms with Crippen molar-refractivity contribution in [2.24, 2.45) is 11.3 Å². The Hall–Kier alpha value is -0.770. The molecule has 4 nitrogen and oxygen atoms in total. The summed E-state index contributed by atoms with van der Waals surface area (Å²) in [6.07, 6.45) is 2.09. The number of amides is 1. The van der Waals surface area contributed by atoms with Crippen molar-refractivity contribution in [2.75, 3.05) is 26.2 Å². The molecule has 118 valence electrons. The Labute approximate surface area is 124 Å². The minimum absolute atomic E-state index is 0.168. The van der Waals surface area contributed by atoms with E-state index in [1.165, 1.54) is 6.42 Å². The molecule has 1 fully saturated rings. The summed E-state index contributed by atoms with van der Waals surface area (Å²) in [5.41, 5.74) is -0.103. The molecule has 0 aromatic rings. The number of ether oxygens (including phenoxy) is 1. The maximum absolute atomic E-state index is 12.1. The van der Waals surface area contributed by atoms with Crippen LogP contribution in [0.15, 0.2) is 0 Å². The minimum atomic E-state index is -0.408. The van der Waals surface area contributed by atoms with Gasteiger partial charge in [-0.3, -0.25) is 0 Å². The Balaban J connectivity index is 2.37. The first kappa shape index (κ1) is 17.3. The van der Waals surface area contributed by atoms with E-state index >= 15 is 0 Å². The number of piperidine rings is 1. The number of nitrogens with zero attached hydrogens (tertiary/aromatic N) is 1. The van der Waals surface area contributed by atoms with Gasteiger partial charge in [-0.15, -0.1) is 0 Å². The number of likely N-dealkylation sites (tertiary alicyclic amines) is 1. The first-order valence-corrected chi connectivity index (χ1v) is 7.75. The first-order valence-electron chi connectivity index (χ1n) is 7.75. The van der Waals surface area contributed by atoms with Gasteiger partial charge in [0.2, 0.25) is 0 Å². The molecule has 0 aliphatic carbocycles. The van der Waals surface area contributed by atoms with Gasteiger partial charge in [0, 0.05) is 19.6 Å². The van der Waals surface area contributed by atoms with E-state index in [-0.39, 0.29) is 6.09 Å². The van der Waals surface area contributed by atoms with Gasteiger partial charge < -0.3 is 15.0 Å². The quantitative estimate of drug-likeness (QED) is 0.865. The van der Waals surface area contributed by atoms with Crippen LogP contribution in [0, 0.1) is 11.3 Å². The van der Waals surface area contributed by atoms with Crippen molar-refractivity contribution >= 4 is 6.09 Å². The number of rotatable bonds is 3. The predicted octanol–water partition coefficient (Wildman–Crippen LogP) is 3.27. The summed E-state index contributed by atoms with van der Waals surface area (Å²) in [4.78, 5) is 13.9. The average molecular weight is 284 g/mol. The van der Waals surface area contributed by atoms with E-state index in [0.717, 1.165) is 32.6 Å². The second-order valence-electron chi connectivity index (χ2n) is 8.13. The molecule has 0 bridgehead atoms. The van der Waals surface area contributed by atoms with E-state index in [9.17, 15) is 4.79 Å². The molecule has 4 heteroatoms. The van der Waals surface area contributed by atoms with Crippen LogP contribution in [0.3, 0.4) is 0 Å². The van der Waals surface area contributed by atoms with Crippen LogP contribution in [0.5, 0.6) is 0 Å². The van der Waals surface area contributed by atoms with Crippen molar-refractivity contribution < 1.29 is 9.53 Å². The second-order valence-corrected chi connectivity index (χ2v) is 8.13. The van der Waals surface area contributed by atoms with Gasteiger partial charge in [0.25, 0.3) is 0 Å². The molecule has 0 aromatic carbocycles. The third-order valence-electron chi connectivity index (χ3n) is 3.26. The molecular weight excluding hydrogens is 252 g/mol. The highest BCUT2D eigenvalue weighted by molar-refractivity contribution is 5.68. The summed E-state index contributed by atoms with van der Waals surface area (Å²) in [5.74, 6) is 0.540. The fourth-order valence-electron chi connectivity index (χ4n) is 2.38. The Kier molecular flexibility index (Phi) is 5.87. The van der Waals surface area contributed by atoms with Crippen LogP contribution in [0.4, 0.5) is 4.79 Å². The van der Waals surface area contributed by atoms with Gasteiger partial charge in [0.05, 0.1) is 0 Å². The molecule has 0 aromatic heterocycles. The van der Waals surface area contributed by atoms with Gasteiger partial charge in [-0.2, -0.15) is 0 Å².